The van der Waals surface area contributed by atoms with E-state index in [-0.39, 0.29) is 17.7 Å². The number of aromatic nitrogens is 1. The maximum Gasteiger partial charge on any atom is 0.240 e. The maximum absolute atomic E-state index is 12.2. The zero-order chi connectivity index (χ0) is 18.9. The number of hydrogen-bond donors (Lipinski definition) is 2. The Morgan fingerprint density at radius 2 is 2.08 bits per heavy atom. The van der Waals surface area contributed by atoms with E-state index in [2.05, 4.69) is 27.4 Å². The van der Waals surface area contributed by atoms with Crippen molar-refractivity contribution < 1.29 is 14.3 Å². The first-order chi connectivity index (χ1) is 12.5. The van der Waals surface area contributed by atoms with E-state index < -0.39 is 0 Å². The van der Waals surface area contributed by atoms with Crippen molar-refractivity contribution >= 4 is 28.3 Å². The normalized spacial score (nSPS) is 15.8. The molecular formula is C18H30N4O3S. The molecule has 0 spiro atoms. The van der Waals surface area contributed by atoms with Crippen LogP contribution in [0.2, 0.25) is 0 Å². The number of amides is 2. The summed E-state index contributed by atoms with van der Waals surface area (Å²) in [6.45, 7) is 7.28. The Labute approximate surface area is 159 Å². The minimum Gasteiger partial charge on any atom is -0.385 e. The van der Waals surface area contributed by atoms with Crippen LogP contribution >= 0.6 is 11.3 Å². The van der Waals surface area contributed by atoms with Crippen molar-refractivity contribution in [3.8, 4) is 0 Å². The van der Waals surface area contributed by atoms with Crippen LogP contribution in [0.15, 0.2) is 0 Å². The van der Waals surface area contributed by atoms with E-state index >= 15 is 0 Å². The Morgan fingerprint density at radius 3 is 2.69 bits per heavy atom. The summed E-state index contributed by atoms with van der Waals surface area (Å²) in [6, 6.07) is 0. The summed E-state index contributed by atoms with van der Waals surface area (Å²) in [4.78, 5) is 32.1. The van der Waals surface area contributed by atoms with Gasteiger partial charge in [-0.2, -0.15) is 0 Å². The van der Waals surface area contributed by atoms with Crippen LogP contribution in [0.1, 0.15) is 36.8 Å². The van der Waals surface area contributed by atoms with Gasteiger partial charge in [-0.15, -0.1) is 11.3 Å². The van der Waals surface area contributed by atoms with Gasteiger partial charge in [0.15, 0.2) is 5.13 Å². The fourth-order valence-electron chi connectivity index (χ4n) is 3.10. The predicted octanol–water partition coefficient (Wildman–Crippen LogP) is 1.82. The second-order valence-corrected chi connectivity index (χ2v) is 7.81. The summed E-state index contributed by atoms with van der Waals surface area (Å²) >= 11 is 1.52. The largest absolute Gasteiger partial charge is 0.385 e. The van der Waals surface area contributed by atoms with Crippen LogP contribution < -0.4 is 10.6 Å². The van der Waals surface area contributed by atoms with Crippen LogP contribution in [0.4, 0.5) is 5.13 Å². The predicted molar refractivity (Wildman–Crippen MR) is 104 cm³/mol. The lowest BCUT2D eigenvalue weighted by molar-refractivity contribution is -0.126. The number of nitrogens with one attached hydrogen (secondary N) is 2. The molecule has 0 aromatic carbocycles. The van der Waals surface area contributed by atoms with E-state index in [9.17, 15) is 9.59 Å². The molecule has 7 nitrogen and oxygen atoms in total. The van der Waals surface area contributed by atoms with Gasteiger partial charge >= 0.3 is 0 Å². The Hall–Kier alpha value is -1.51. The number of carbonyl (C=O) groups is 2. The Bertz CT molecular complexity index is 597. The lowest BCUT2D eigenvalue weighted by Crippen LogP contribution is -2.43. The number of rotatable bonds is 9. The standard InChI is InChI=1S/C18H30N4O3S/c1-4-15-13(2)26-18(20-15)21-16(23)12-22-9-6-14(7-10-22)17(24)19-8-5-11-25-3/h14H,4-12H2,1-3H3,(H,19,24)(H,20,21,23). The number of aryl methyl sites for hydroxylation is 2. The molecule has 0 saturated carbocycles. The molecule has 1 saturated heterocycles. The van der Waals surface area contributed by atoms with Crippen LogP contribution in [-0.2, 0) is 20.7 Å². The molecule has 26 heavy (non-hydrogen) atoms. The van der Waals surface area contributed by atoms with E-state index in [0.29, 0.717) is 24.8 Å². The summed E-state index contributed by atoms with van der Waals surface area (Å²) in [7, 11) is 1.66. The van der Waals surface area contributed by atoms with E-state index in [4.69, 9.17) is 4.74 Å². The number of likely N-dealkylation sites (tertiary alicyclic amines) is 1. The molecule has 8 heteroatoms. The van der Waals surface area contributed by atoms with Crippen LogP contribution in [0, 0.1) is 12.8 Å². The molecule has 1 aromatic heterocycles. The van der Waals surface area contributed by atoms with Gasteiger partial charge in [0, 0.05) is 31.1 Å². The molecule has 2 amide bonds. The molecule has 2 rings (SSSR count). The lowest BCUT2D eigenvalue weighted by Gasteiger charge is -2.30. The molecule has 0 bridgehead atoms. The summed E-state index contributed by atoms with van der Waals surface area (Å²) in [5.41, 5.74) is 1.04. The van der Waals surface area contributed by atoms with Crippen LogP contribution in [0.5, 0.6) is 0 Å². The summed E-state index contributed by atoms with van der Waals surface area (Å²) in [5, 5.41) is 6.53. The van der Waals surface area contributed by atoms with Crippen LogP contribution in [-0.4, -0.2) is 61.6 Å². The van der Waals surface area contributed by atoms with Gasteiger partial charge in [0.1, 0.15) is 0 Å². The monoisotopic (exact) mass is 382 g/mol. The molecule has 0 atom stereocenters. The number of ether oxygens (including phenoxy) is 1. The maximum atomic E-state index is 12.2. The smallest absolute Gasteiger partial charge is 0.240 e. The number of methoxy groups -OCH3 is 1. The highest BCUT2D eigenvalue weighted by atomic mass is 32.1. The Morgan fingerprint density at radius 1 is 1.35 bits per heavy atom. The molecule has 2 heterocycles. The average molecular weight is 383 g/mol. The van der Waals surface area contributed by atoms with Gasteiger partial charge in [-0.25, -0.2) is 4.98 Å². The van der Waals surface area contributed by atoms with E-state index in [0.717, 1.165) is 49.3 Å². The van der Waals surface area contributed by atoms with Gasteiger partial charge < -0.3 is 15.4 Å². The number of anilines is 1. The SMILES string of the molecule is CCc1nc(NC(=O)CN2CCC(C(=O)NCCCOC)CC2)sc1C. The second-order valence-electron chi connectivity index (χ2n) is 6.61. The van der Waals surface area contributed by atoms with Crippen molar-refractivity contribution in [2.24, 2.45) is 5.92 Å². The molecular weight excluding hydrogens is 352 g/mol. The highest BCUT2D eigenvalue weighted by Crippen LogP contribution is 2.22. The number of thiazole rings is 1. The zero-order valence-electron chi connectivity index (χ0n) is 16.0. The summed E-state index contributed by atoms with van der Waals surface area (Å²) in [6.07, 6.45) is 3.29. The quantitative estimate of drug-likeness (QED) is 0.637. The van der Waals surface area contributed by atoms with E-state index in [1.54, 1.807) is 7.11 Å². The van der Waals surface area contributed by atoms with Crippen LogP contribution in [0.3, 0.4) is 0 Å². The van der Waals surface area contributed by atoms with Crippen molar-refractivity contribution in [2.45, 2.75) is 39.5 Å². The molecule has 146 valence electrons. The molecule has 1 fully saturated rings. The van der Waals surface area contributed by atoms with Gasteiger partial charge in [-0.3, -0.25) is 14.5 Å². The highest BCUT2D eigenvalue weighted by molar-refractivity contribution is 7.15. The molecule has 1 aliphatic rings. The highest BCUT2D eigenvalue weighted by Gasteiger charge is 2.25. The van der Waals surface area contributed by atoms with E-state index in [1.165, 1.54) is 11.3 Å². The van der Waals surface area contributed by atoms with Gasteiger partial charge in [0.2, 0.25) is 11.8 Å². The summed E-state index contributed by atoms with van der Waals surface area (Å²) < 4.78 is 4.98. The van der Waals surface area contributed by atoms with E-state index in [1.807, 2.05) is 6.92 Å². The molecule has 0 aliphatic carbocycles. The van der Waals surface area contributed by atoms with Crippen molar-refractivity contribution in [1.29, 1.82) is 0 Å². The van der Waals surface area contributed by atoms with Gasteiger partial charge in [-0.1, -0.05) is 6.92 Å². The van der Waals surface area contributed by atoms with Crippen molar-refractivity contribution in [2.75, 3.05) is 45.2 Å². The van der Waals surface area contributed by atoms with Crippen molar-refractivity contribution in [3.05, 3.63) is 10.6 Å². The molecule has 2 N–H and O–H groups in total. The molecule has 0 unspecified atom stereocenters. The first kappa shape index (κ1) is 20.8. The average Bonchev–Trinajstić information content (AvgIpc) is 2.98. The third-order valence-corrected chi connectivity index (χ3v) is 5.55. The molecule has 0 radical (unpaired) electrons. The summed E-state index contributed by atoms with van der Waals surface area (Å²) in [5.74, 6) is 0.130. The van der Waals surface area contributed by atoms with Gasteiger partial charge in [-0.05, 0) is 45.7 Å². The minimum absolute atomic E-state index is 0.0381. The second kappa shape index (κ2) is 10.6. The van der Waals surface area contributed by atoms with Crippen molar-refractivity contribution in [1.82, 2.24) is 15.2 Å². The third-order valence-electron chi connectivity index (χ3n) is 4.62. The zero-order valence-corrected chi connectivity index (χ0v) is 16.8. The number of piperidine rings is 1. The Kier molecular flexibility index (Phi) is 8.47. The van der Waals surface area contributed by atoms with Gasteiger partial charge in [0.05, 0.1) is 12.2 Å². The first-order valence-electron chi connectivity index (χ1n) is 9.28. The first-order valence-corrected chi connectivity index (χ1v) is 10.1. The number of carbonyl (C=O) groups excluding carboxylic acids is 2. The fraction of sp³-hybridized carbons (Fsp3) is 0.722. The number of hydrogen-bond acceptors (Lipinski definition) is 6. The van der Waals surface area contributed by atoms with Crippen molar-refractivity contribution in [3.63, 3.8) is 0 Å². The van der Waals surface area contributed by atoms with Crippen LogP contribution in [0.25, 0.3) is 0 Å². The number of nitrogens with zero attached hydrogens (tertiary/aromatic N) is 2. The minimum atomic E-state index is -0.0381. The van der Waals surface area contributed by atoms with Gasteiger partial charge in [0.25, 0.3) is 0 Å². The molecule has 1 aliphatic heterocycles. The molecule has 1 aromatic rings. The fourth-order valence-corrected chi connectivity index (χ4v) is 4.02. The topological polar surface area (TPSA) is 83.6 Å². The lowest BCUT2D eigenvalue weighted by atomic mass is 9.96. The Balaban J connectivity index is 1.69. The third kappa shape index (κ3) is 6.34.